The van der Waals surface area contributed by atoms with Gasteiger partial charge in [-0.15, -0.1) is 12.4 Å². The molecule has 1 atom stereocenters. The minimum Gasteiger partial charge on any atom is -0.488 e. The van der Waals surface area contributed by atoms with Crippen molar-refractivity contribution in [2.24, 2.45) is 0 Å². The van der Waals surface area contributed by atoms with E-state index in [9.17, 15) is 9.18 Å². The second kappa shape index (κ2) is 7.58. The van der Waals surface area contributed by atoms with E-state index in [1.54, 1.807) is 6.92 Å². The van der Waals surface area contributed by atoms with Crippen LogP contribution in [0.3, 0.4) is 0 Å². The van der Waals surface area contributed by atoms with Gasteiger partial charge in [0.15, 0.2) is 0 Å². The van der Waals surface area contributed by atoms with E-state index in [-0.39, 0.29) is 24.7 Å². The van der Waals surface area contributed by atoms with Gasteiger partial charge in [0.2, 0.25) is 0 Å². The number of hydrogen-bond donors (Lipinski definition) is 3. The smallest absolute Gasteiger partial charge is 0.404 e. The van der Waals surface area contributed by atoms with Gasteiger partial charge in [-0.2, -0.15) is 0 Å². The van der Waals surface area contributed by atoms with Gasteiger partial charge in [0.1, 0.15) is 17.7 Å². The van der Waals surface area contributed by atoms with Crippen LogP contribution in [-0.2, 0) is 0 Å². The maximum Gasteiger partial charge on any atom is 0.404 e. The molecule has 19 heavy (non-hydrogen) atoms. The molecule has 1 aromatic carbocycles. The van der Waals surface area contributed by atoms with Crippen LogP contribution in [0.2, 0.25) is 0 Å². The third-order valence-corrected chi connectivity index (χ3v) is 2.21. The van der Waals surface area contributed by atoms with Crippen LogP contribution in [0, 0.1) is 11.2 Å². The molecule has 0 spiro atoms. The van der Waals surface area contributed by atoms with Crippen LogP contribution in [0.15, 0.2) is 18.2 Å². The Hall–Kier alpha value is -1.82. The van der Waals surface area contributed by atoms with Crippen molar-refractivity contribution in [1.82, 2.24) is 5.32 Å². The Morgan fingerprint density at radius 2 is 2.21 bits per heavy atom. The Bertz CT molecular complexity index is 468. The van der Waals surface area contributed by atoms with Crippen molar-refractivity contribution in [3.05, 3.63) is 29.6 Å². The molecule has 0 unspecified atom stereocenters. The highest BCUT2D eigenvalue weighted by molar-refractivity contribution is 5.98. The van der Waals surface area contributed by atoms with Crippen LogP contribution >= 0.6 is 12.4 Å². The molecule has 1 rings (SSSR count). The molecule has 0 bridgehead atoms. The molecule has 0 aliphatic carbocycles. The predicted molar refractivity (Wildman–Crippen MR) is 72.3 cm³/mol. The molecule has 1 amide bonds. The minimum absolute atomic E-state index is 0. The van der Waals surface area contributed by atoms with Gasteiger partial charge in [0.25, 0.3) is 0 Å². The molecule has 3 N–H and O–H groups in total. The van der Waals surface area contributed by atoms with Gasteiger partial charge in [-0.05, 0) is 32.0 Å². The van der Waals surface area contributed by atoms with Crippen molar-refractivity contribution in [2.45, 2.75) is 20.0 Å². The van der Waals surface area contributed by atoms with E-state index in [1.165, 1.54) is 25.1 Å². The largest absolute Gasteiger partial charge is 0.488 e. The Labute approximate surface area is 116 Å². The molecule has 0 saturated carbocycles. The third-order valence-electron chi connectivity index (χ3n) is 2.21. The monoisotopic (exact) mass is 290 g/mol. The van der Waals surface area contributed by atoms with Crippen molar-refractivity contribution < 1.29 is 19.0 Å². The molecule has 0 aliphatic heterocycles. The van der Waals surface area contributed by atoms with Crippen LogP contribution < -0.4 is 10.1 Å². The molecule has 0 aromatic heterocycles. The Kier molecular flexibility index (Phi) is 6.85. The van der Waals surface area contributed by atoms with Crippen molar-refractivity contribution in [1.29, 1.82) is 5.41 Å². The van der Waals surface area contributed by atoms with E-state index >= 15 is 0 Å². The summed E-state index contributed by atoms with van der Waals surface area (Å²) in [5.74, 6) is -0.0798. The van der Waals surface area contributed by atoms with E-state index in [0.717, 1.165) is 0 Å². The van der Waals surface area contributed by atoms with Gasteiger partial charge >= 0.3 is 6.09 Å². The summed E-state index contributed by atoms with van der Waals surface area (Å²) < 4.78 is 18.5. The lowest BCUT2D eigenvalue weighted by Crippen LogP contribution is -2.32. The molecular formula is C12H16ClFN2O3. The summed E-state index contributed by atoms with van der Waals surface area (Å²) >= 11 is 0. The van der Waals surface area contributed by atoms with E-state index in [4.69, 9.17) is 15.3 Å². The molecule has 0 saturated heterocycles. The first-order valence-electron chi connectivity index (χ1n) is 5.38. The van der Waals surface area contributed by atoms with E-state index in [0.29, 0.717) is 11.3 Å². The van der Waals surface area contributed by atoms with Crippen molar-refractivity contribution in [2.75, 3.05) is 6.54 Å². The van der Waals surface area contributed by atoms with Crippen molar-refractivity contribution >= 4 is 24.2 Å². The fourth-order valence-electron chi connectivity index (χ4n) is 1.39. The SMILES string of the molecule is CC(=N)c1cc(F)ccc1O[C@@H](C)CNC(=O)O.Cl. The zero-order chi connectivity index (χ0) is 13.7. The fraction of sp³-hybridized carbons (Fsp3) is 0.333. The van der Waals surface area contributed by atoms with Gasteiger partial charge < -0.3 is 20.6 Å². The number of benzene rings is 1. The molecule has 5 nitrogen and oxygen atoms in total. The maximum atomic E-state index is 13.1. The molecule has 0 radical (unpaired) electrons. The molecule has 1 aromatic rings. The van der Waals surface area contributed by atoms with Gasteiger partial charge in [-0.1, -0.05) is 0 Å². The zero-order valence-electron chi connectivity index (χ0n) is 10.6. The number of hydrogen-bond acceptors (Lipinski definition) is 3. The Balaban J connectivity index is 0.00000324. The normalized spacial score (nSPS) is 11.1. The van der Waals surface area contributed by atoms with Gasteiger partial charge in [0.05, 0.1) is 6.54 Å². The summed E-state index contributed by atoms with van der Waals surface area (Å²) in [5.41, 5.74) is 0.542. The van der Waals surface area contributed by atoms with Crippen LogP contribution in [0.25, 0.3) is 0 Å². The summed E-state index contributed by atoms with van der Waals surface area (Å²) in [6.07, 6.45) is -1.54. The van der Waals surface area contributed by atoms with Crippen LogP contribution in [0.1, 0.15) is 19.4 Å². The van der Waals surface area contributed by atoms with Crippen molar-refractivity contribution in [3.8, 4) is 5.75 Å². The number of ether oxygens (including phenoxy) is 1. The van der Waals surface area contributed by atoms with E-state index < -0.39 is 18.0 Å². The summed E-state index contributed by atoms with van der Waals surface area (Å²) in [7, 11) is 0. The van der Waals surface area contributed by atoms with Crippen molar-refractivity contribution in [3.63, 3.8) is 0 Å². The van der Waals surface area contributed by atoms with Crippen LogP contribution in [0.5, 0.6) is 5.75 Å². The van der Waals surface area contributed by atoms with Gasteiger partial charge in [-0.25, -0.2) is 9.18 Å². The quantitative estimate of drug-likeness (QED) is 0.729. The number of amides is 1. The summed E-state index contributed by atoms with van der Waals surface area (Å²) in [4.78, 5) is 10.3. The summed E-state index contributed by atoms with van der Waals surface area (Å²) in [6.45, 7) is 3.33. The minimum atomic E-state index is -1.13. The van der Waals surface area contributed by atoms with Crippen LogP contribution in [0.4, 0.5) is 9.18 Å². The number of carbonyl (C=O) groups is 1. The molecule has 106 valence electrons. The molecule has 0 aliphatic rings. The van der Waals surface area contributed by atoms with E-state index in [2.05, 4.69) is 5.32 Å². The first kappa shape index (κ1) is 17.2. The lowest BCUT2D eigenvalue weighted by Gasteiger charge is -2.17. The highest BCUT2D eigenvalue weighted by Crippen LogP contribution is 2.21. The predicted octanol–water partition coefficient (Wildman–Crippen LogP) is 2.67. The molecule has 0 heterocycles. The molecule has 0 fully saturated rings. The highest BCUT2D eigenvalue weighted by Gasteiger charge is 2.11. The highest BCUT2D eigenvalue weighted by atomic mass is 35.5. The number of carboxylic acid groups (broad SMARTS) is 1. The average molecular weight is 291 g/mol. The maximum absolute atomic E-state index is 13.1. The second-order valence-corrected chi connectivity index (χ2v) is 3.88. The Morgan fingerprint density at radius 1 is 1.58 bits per heavy atom. The molecular weight excluding hydrogens is 275 g/mol. The Morgan fingerprint density at radius 3 is 2.74 bits per heavy atom. The summed E-state index contributed by atoms with van der Waals surface area (Å²) in [6, 6.07) is 3.88. The third kappa shape index (κ3) is 5.56. The molecule has 7 heteroatoms. The zero-order valence-corrected chi connectivity index (χ0v) is 11.4. The second-order valence-electron chi connectivity index (χ2n) is 3.88. The average Bonchev–Trinajstić information content (AvgIpc) is 2.28. The van der Waals surface area contributed by atoms with E-state index in [1.807, 2.05) is 0 Å². The number of nitrogens with one attached hydrogen (secondary N) is 2. The topological polar surface area (TPSA) is 82.4 Å². The van der Waals surface area contributed by atoms with Crippen LogP contribution in [-0.4, -0.2) is 29.6 Å². The number of rotatable bonds is 5. The first-order chi connectivity index (χ1) is 8.40. The van der Waals surface area contributed by atoms with Gasteiger partial charge in [-0.3, -0.25) is 0 Å². The summed E-state index contributed by atoms with van der Waals surface area (Å²) in [5, 5.41) is 18.2. The standard InChI is InChI=1S/C12H15FN2O3.ClH/c1-7(6-15-12(16)17)18-11-4-3-9(13)5-10(11)8(2)14;/h3-5,7,14-15H,6H2,1-2H3,(H,16,17);1H/t7-;/m0./s1. The fourth-order valence-corrected chi connectivity index (χ4v) is 1.39. The first-order valence-corrected chi connectivity index (χ1v) is 5.38. The lowest BCUT2D eigenvalue weighted by molar-refractivity contribution is 0.178. The van der Waals surface area contributed by atoms with Gasteiger partial charge in [0, 0.05) is 11.3 Å². The lowest BCUT2D eigenvalue weighted by atomic mass is 10.1. The number of halogens is 2.